The zero-order valence-corrected chi connectivity index (χ0v) is 8.74. The minimum absolute atomic E-state index is 0.208. The maximum absolute atomic E-state index is 6.14. The highest BCUT2D eigenvalue weighted by molar-refractivity contribution is 6.31. The van der Waals surface area contributed by atoms with E-state index in [-0.39, 0.29) is 6.04 Å². The van der Waals surface area contributed by atoms with Gasteiger partial charge in [0.15, 0.2) is 0 Å². The average Bonchev–Trinajstić information content (AvgIpc) is 2.20. The Balaban J connectivity index is 2.30. The molecule has 2 rings (SSSR count). The molecule has 2 N–H and O–H groups in total. The van der Waals surface area contributed by atoms with Gasteiger partial charge in [0.1, 0.15) is 0 Å². The molecule has 0 unspecified atom stereocenters. The van der Waals surface area contributed by atoms with Crippen LogP contribution in [0.1, 0.15) is 24.3 Å². The molecule has 0 aromatic heterocycles. The normalized spacial score (nSPS) is 26.4. The molecule has 14 heavy (non-hydrogen) atoms. The van der Waals surface area contributed by atoms with Gasteiger partial charge in [-0.3, -0.25) is 0 Å². The predicted octanol–water partition coefficient (Wildman–Crippen LogP) is 3.10. The fourth-order valence-electron chi connectivity index (χ4n) is 1.97. The largest absolute Gasteiger partial charge is 0.327 e. The first-order chi connectivity index (χ1) is 6.79. The van der Waals surface area contributed by atoms with E-state index < -0.39 is 0 Å². The first-order valence-corrected chi connectivity index (χ1v) is 5.32. The summed E-state index contributed by atoms with van der Waals surface area (Å²) in [5, 5.41) is 0.836. The Bertz CT molecular complexity index is 346. The predicted molar refractivity (Wildman–Crippen MR) is 60.5 cm³/mol. The lowest BCUT2D eigenvalue weighted by Gasteiger charge is -2.26. The highest BCUT2D eigenvalue weighted by atomic mass is 35.5. The summed E-state index contributed by atoms with van der Waals surface area (Å²) in [5.74, 6) is 0.383. The molecule has 0 amide bonds. The van der Waals surface area contributed by atoms with Crippen LogP contribution in [0.4, 0.5) is 0 Å². The van der Waals surface area contributed by atoms with E-state index in [1.807, 2.05) is 18.2 Å². The van der Waals surface area contributed by atoms with E-state index in [0.717, 1.165) is 17.9 Å². The molecule has 0 heterocycles. The van der Waals surface area contributed by atoms with Crippen molar-refractivity contribution in [1.29, 1.82) is 0 Å². The summed E-state index contributed by atoms with van der Waals surface area (Å²) in [4.78, 5) is 0. The van der Waals surface area contributed by atoms with Gasteiger partial charge in [-0.1, -0.05) is 42.0 Å². The van der Waals surface area contributed by atoms with Crippen LogP contribution < -0.4 is 5.73 Å². The van der Waals surface area contributed by atoms with Crippen LogP contribution in [-0.2, 0) is 0 Å². The standard InChI is InChI=1S/C12H14ClN/c13-11-7-3-1-5-9(11)10-6-2-4-8-12(10)14/h1-5,7,10,12H,6,8,14H2/t10-,12+/m0/s1. The van der Waals surface area contributed by atoms with Gasteiger partial charge in [-0.25, -0.2) is 0 Å². The first kappa shape index (κ1) is 9.75. The summed E-state index contributed by atoms with van der Waals surface area (Å²) >= 11 is 6.14. The van der Waals surface area contributed by atoms with Gasteiger partial charge in [-0.2, -0.15) is 0 Å². The lowest BCUT2D eigenvalue weighted by atomic mass is 9.84. The fourth-order valence-corrected chi connectivity index (χ4v) is 2.24. The third-order valence-electron chi connectivity index (χ3n) is 2.79. The molecule has 1 aromatic rings. The van der Waals surface area contributed by atoms with Crippen molar-refractivity contribution in [2.75, 3.05) is 0 Å². The number of halogens is 1. The minimum Gasteiger partial charge on any atom is -0.327 e. The van der Waals surface area contributed by atoms with Gasteiger partial charge in [0.2, 0.25) is 0 Å². The SMILES string of the molecule is N[C@@H]1CC=CC[C@H]1c1ccccc1Cl. The van der Waals surface area contributed by atoms with Crippen molar-refractivity contribution in [3.63, 3.8) is 0 Å². The van der Waals surface area contributed by atoms with Crippen molar-refractivity contribution < 1.29 is 0 Å². The molecule has 2 heteroatoms. The van der Waals surface area contributed by atoms with E-state index in [1.54, 1.807) is 0 Å². The summed E-state index contributed by atoms with van der Waals surface area (Å²) in [5.41, 5.74) is 7.26. The van der Waals surface area contributed by atoms with Gasteiger partial charge in [-0.15, -0.1) is 0 Å². The van der Waals surface area contributed by atoms with Gasteiger partial charge in [0, 0.05) is 17.0 Å². The molecule has 0 radical (unpaired) electrons. The van der Waals surface area contributed by atoms with Crippen molar-refractivity contribution in [2.45, 2.75) is 24.8 Å². The van der Waals surface area contributed by atoms with Crippen molar-refractivity contribution in [3.8, 4) is 0 Å². The molecule has 0 saturated carbocycles. The van der Waals surface area contributed by atoms with Crippen molar-refractivity contribution in [1.82, 2.24) is 0 Å². The maximum Gasteiger partial charge on any atom is 0.0441 e. The molecule has 1 aromatic carbocycles. The van der Waals surface area contributed by atoms with Crippen LogP contribution in [0, 0.1) is 0 Å². The van der Waals surface area contributed by atoms with E-state index in [4.69, 9.17) is 17.3 Å². The number of nitrogens with two attached hydrogens (primary N) is 1. The summed E-state index contributed by atoms with van der Waals surface area (Å²) < 4.78 is 0. The lowest BCUT2D eigenvalue weighted by molar-refractivity contribution is 0.521. The lowest BCUT2D eigenvalue weighted by Crippen LogP contribution is -2.29. The molecule has 0 fully saturated rings. The number of hydrogen-bond acceptors (Lipinski definition) is 1. The van der Waals surface area contributed by atoms with Gasteiger partial charge < -0.3 is 5.73 Å². The Kier molecular flexibility index (Phi) is 2.90. The topological polar surface area (TPSA) is 26.0 Å². The molecule has 1 nitrogen and oxygen atoms in total. The second-order valence-electron chi connectivity index (χ2n) is 3.73. The molecule has 0 bridgehead atoms. The second kappa shape index (κ2) is 4.16. The summed E-state index contributed by atoms with van der Waals surface area (Å²) in [6.07, 6.45) is 6.30. The Hall–Kier alpha value is -0.790. The van der Waals surface area contributed by atoms with Gasteiger partial charge in [0.25, 0.3) is 0 Å². The highest BCUT2D eigenvalue weighted by Crippen LogP contribution is 2.32. The summed E-state index contributed by atoms with van der Waals surface area (Å²) in [6, 6.07) is 8.19. The van der Waals surface area contributed by atoms with Crippen molar-refractivity contribution >= 4 is 11.6 Å². The highest BCUT2D eigenvalue weighted by Gasteiger charge is 2.21. The number of allylic oxidation sites excluding steroid dienone is 1. The average molecular weight is 208 g/mol. The van der Waals surface area contributed by atoms with E-state index in [0.29, 0.717) is 5.92 Å². The van der Waals surface area contributed by atoms with Crippen LogP contribution in [-0.4, -0.2) is 6.04 Å². The molecule has 0 spiro atoms. The first-order valence-electron chi connectivity index (χ1n) is 4.94. The Morgan fingerprint density at radius 2 is 1.86 bits per heavy atom. The summed E-state index contributed by atoms with van der Waals surface area (Å²) in [7, 11) is 0. The minimum atomic E-state index is 0.208. The van der Waals surface area contributed by atoms with Crippen LogP contribution in [0.3, 0.4) is 0 Å². The van der Waals surface area contributed by atoms with E-state index in [9.17, 15) is 0 Å². The van der Waals surface area contributed by atoms with Crippen LogP contribution in [0.5, 0.6) is 0 Å². The van der Waals surface area contributed by atoms with Crippen molar-refractivity contribution in [3.05, 3.63) is 47.0 Å². The number of benzene rings is 1. The third-order valence-corrected chi connectivity index (χ3v) is 3.13. The van der Waals surface area contributed by atoms with E-state index in [1.165, 1.54) is 5.56 Å². The molecule has 74 valence electrons. The monoisotopic (exact) mass is 207 g/mol. The fraction of sp³-hybridized carbons (Fsp3) is 0.333. The quantitative estimate of drug-likeness (QED) is 0.704. The maximum atomic E-state index is 6.14. The molecule has 2 atom stereocenters. The molecule has 0 saturated heterocycles. The van der Waals surface area contributed by atoms with Gasteiger partial charge in [-0.05, 0) is 24.5 Å². The van der Waals surface area contributed by atoms with Crippen molar-refractivity contribution in [2.24, 2.45) is 5.73 Å². The van der Waals surface area contributed by atoms with E-state index >= 15 is 0 Å². The second-order valence-corrected chi connectivity index (χ2v) is 4.14. The zero-order valence-electron chi connectivity index (χ0n) is 7.99. The smallest absolute Gasteiger partial charge is 0.0441 e. The Labute approximate surface area is 89.6 Å². The van der Waals surface area contributed by atoms with Crippen LogP contribution in [0.15, 0.2) is 36.4 Å². The third kappa shape index (κ3) is 1.84. The molecule has 1 aliphatic rings. The zero-order chi connectivity index (χ0) is 9.97. The Morgan fingerprint density at radius 3 is 2.57 bits per heavy atom. The molecular weight excluding hydrogens is 194 g/mol. The van der Waals surface area contributed by atoms with Crippen LogP contribution >= 0.6 is 11.6 Å². The van der Waals surface area contributed by atoms with Crippen LogP contribution in [0.25, 0.3) is 0 Å². The number of rotatable bonds is 1. The van der Waals surface area contributed by atoms with Gasteiger partial charge >= 0.3 is 0 Å². The van der Waals surface area contributed by atoms with Gasteiger partial charge in [0.05, 0.1) is 0 Å². The molecule has 0 aliphatic heterocycles. The summed E-state index contributed by atoms with van der Waals surface area (Å²) in [6.45, 7) is 0. The van der Waals surface area contributed by atoms with E-state index in [2.05, 4.69) is 18.2 Å². The Morgan fingerprint density at radius 1 is 1.14 bits per heavy atom. The number of hydrogen-bond donors (Lipinski definition) is 1. The molecule has 1 aliphatic carbocycles. The molecular formula is C12H14ClN. The van der Waals surface area contributed by atoms with Crippen LogP contribution in [0.2, 0.25) is 5.02 Å².